The van der Waals surface area contributed by atoms with E-state index < -0.39 is 57.6 Å². The Balaban J connectivity index is 2.35. The molecule has 0 bridgehead atoms. The lowest BCUT2D eigenvalue weighted by atomic mass is 10.2. The van der Waals surface area contributed by atoms with Crippen molar-refractivity contribution in [2.24, 2.45) is 11.8 Å². The Morgan fingerprint density at radius 2 is 1.00 bits per heavy atom. The third-order valence-electron chi connectivity index (χ3n) is 4.19. The standard InChI is InChI=1S/C21H22N2O8S2/c1-13(2)19(24)30-15-5-9-17(10-6-15)32(26,27)21(23-22)33(28,29)18-11-7-16(8-12-18)31-20(25)14(3)4/h5-14H,1-4H3. The molecular weight excluding hydrogens is 472 g/mol. The molecule has 0 heterocycles. The molecule has 2 aromatic rings. The summed E-state index contributed by atoms with van der Waals surface area (Å²) >= 11 is 0. The van der Waals surface area contributed by atoms with Crippen LogP contribution in [-0.2, 0) is 29.3 Å². The van der Waals surface area contributed by atoms with E-state index in [9.17, 15) is 32.0 Å². The Morgan fingerprint density at radius 3 is 1.24 bits per heavy atom. The molecule has 0 unspecified atom stereocenters. The number of sulfone groups is 2. The summed E-state index contributed by atoms with van der Waals surface area (Å²) in [5.74, 6) is -1.77. The van der Waals surface area contributed by atoms with Crippen LogP contribution in [0.5, 0.6) is 11.5 Å². The largest absolute Gasteiger partial charge is 0.504 e. The zero-order valence-electron chi connectivity index (χ0n) is 18.3. The van der Waals surface area contributed by atoms with Crippen molar-refractivity contribution in [3.05, 3.63) is 54.1 Å². The predicted molar refractivity (Wildman–Crippen MR) is 117 cm³/mol. The summed E-state index contributed by atoms with van der Waals surface area (Å²) in [5, 5.41) is 0. The number of carbonyl (C=O) groups is 2. The van der Waals surface area contributed by atoms with Crippen LogP contribution in [0.1, 0.15) is 27.7 Å². The molecule has 2 rings (SSSR count). The van der Waals surface area contributed by atoms with Crippen LogP contribution in [-0.4, -0.2) is 37.9 Å². The maximum atomic E-state index is 12.9. The first-order valence-corrected chi connectivity index (χ1v) is 12.6. The van der Waals surface area contributed by atoms with E-state index in [1.54, 1.807) is 27.7 Å². The van der Waals surface area contributed by atoms with E-state index >= 15 is 0 Å². The predicted octanol–water partition coefficient (Wildman–Crippen LogP) is 2.64. The molecule has 12 heteroatoms. The maximum absolute atomic E-state index is 12.9. The minimum Gasteiger partial charge on any atom is -0.426 e. The SMILES string of the molecule is CC(C)C(=O)Oc1ccc(S(=O)(=O)C(=[N+]=[N-])S(=O)(=O)c2ccc(OC(=O)C(C)C)cc2)cc1. The Hall–Kier alpha value is -3.34. The smallest absolute Gasteiger partial charge is 0.426 e. The van der Waals surface area contributed by atoms with Gasteiger partial charge in [0.1, 0.15) is 11.5 Å². The Kier molecular flexibility index (Phi) is 7.91. The molecule has 0 aliphatic rings. The molecule has 0 radical (unpaired) electrons. The first-order chi connectivity index (χ1) is 15.3. The van der Waals surface area contributed by atoms with Crippen LogP contribution in [0.2, 0.25) is 0 Å². The molecule has 176 valence electrons. The van der Waals surface area contributed by atoms with E-state index in [-0.39, 0.29) is 11.5 Å². The molecule has 0 atom stereocenters. The van der Waals surface area contributed by atoms with Crippen LogP contribution in [0.15, 0.2) is 58.3 Å². The lowest BCUT2D eigenvalue weighted by Gasteiger charge is -2.08. The first-order valence-electron chi connectivity index (χ1n) is 9.66. The van der Waals surface area contributed by atoms with E-state index in [2.05, 4.69) is 4.79 Å². The van der Waals surface area contributed by atoms with Gasteiger partial charge in [-0.3, -0.25) is 9.59 Å². The number of rotatable bonds is 6. The molecule has 0 aromatic heterocycles. The highest BCUT2D eigenvalue weighted by Gasteiger charge is 2.44. The van der Waals surface area contributed by atoms with Gasteiger partial charge in [0.25, 0.3) is 19.7 Å². The molecule has 0 aliphatic carbocycles. The Labute approximate surface area is 191 Å². The fourth-order valence-corrected chi connectivity index (χ4v) is 5.64. The molecule has 0 N–H and O–H groups in total. The summed E-state index contributed by atoms with van der Waals surface area (Å²) in [6, 6.07) is 8.78. The number of carbonyl (C=O) groups excluding carboxylic acids is 2. The number of hydrogen-bond acceptors (Lipinski definition) is 8. The summed E-state index contributed by atoms with van der Waals surface area (Å²) in [6.45, 7) is 6.49. The average Bonchev–Trinajstić information content (AvgIpc) is 2.74. The molecule has 0 fully saturated rings. The van der Waals surface area contributed by atoms with Gasteiger partial charge in [-0.15, -0.1) is 4.79 Å². The van der Waals surface area contributed by atoms with Crippen molar-refractivity contribution in [3.63, 3.8) is 0 Å². The van der Waals surface area contributed by atoms with Gasteiger partial charge >= 0.3 is 16.3 Å². The van der Waals surface area contributed by atoms with Crippen molar-refractivity contribution in [3.8, 4) is 11.5 Å². The van der Waals surface area contributed by atoms with Crippen molar-refractivity contribution in [1.29, 1.82) is 0 Å². The van der Waals surface area contributed by atoms with Crippen molar-refractivity contribution >= 4 is 36.0 Å². The highest BCUT2D eigenvalue weighted by Crippen LogP contribution is 2.24. The van der Waals surface area contributed by atoms with Gasteiger partial charge in [-0.1, -0.05) is 27.7 Å². The highest BCUT2D eigenvalue weighted by atomic mass is 32.3. The van der Waals surface area contributed by atoms with Gasteiger partial charge in [-0.2, -0.15) is 0 Å². The highest BCUT2D eigenvalue weighted by molar-refractivity contribution is 8.31. The van der Waals surface area contributed by atoms with Gasteiger partial charge in [0.2, 0.25) is 0 Å². The zero-order valence-corrected chi connectivity index (χ0v) is 19.9. The third-order valence-corrected chi connectivity index (χ3v) is 8.37. The summed E-state index contributed by atoms with van der Waals surface area (Å²) in [6.07, 6.45) is 0. The van der Waals surface area contributed by atoms with Gasteiger partial charge in [0.15, 0.2) is 0 Å². The monoisotopic (exact) mass is 494 g/mol. The van der Waals surface area contributed by atoms with Crippen LogP contribution in [0.4, 0.5) is 0 Å². The Morgan fingerprint density at radius 1 is 0.697 bits per heavy atom. The van der Waals surface area contributed by atoms with Gasteiger partial charge in [0, 0.05) is 0 Å². The summed E-state index contributed by atoms with van der Waals surface area (Å²) < 4.78 is 60.1. The van der Waals surface area contributed by atoms with Crippen molar-refractivity contribution in [1.82, 2.24) is 0 Å². The van der Waals surface area contributed by atoms with E-state index in [0.717, 1.165) is 24.3 Å². The fraction of sp³-hybridized carbons (Fsp3) is 0.286. The van der Waals surface area contributed by atoms with Crippen molar-refractivity contribution < 1.29 is 40.7 Å². The Bertz CT molecular complexity index is 1210. The number of ether oxygens (including phenoxy) is 2. The molecule has 0 saturated heterocycles. The molecule has 10 nitrogen and oxygen atoms in total. The molecule has 0 amide bonds. The van der Waals surface area contributed by atoms with E-state index in [0.29, 0.717) is 0 Å². The zero-order chi connectivity index (χ0) is 25.0. The number of esters is 2. The topological polar surface area (TPSA) is 157 Å². The number of benzene rings is 2. The van der Waals surface area contributed by atoms with Crippen LogP contribution in [0.3, 0.4) is 0 Å². The maximum Gasteiger partial charge on any atom is 0.504 e. The van der Waals surface area contributed by atoms with Crippen LogP contribution in [0, 0.1) is 11.8 Å². The molecule has 33 heavy (non-hydrogen) atoms. The quantitative estimate of drug-likeness (QED) is 0.148. The van der Waals surface area contributed by atoms with Gasteiger partial charge in [0.05, 0.1) is 21.6 Å². The minimum atomic E-state index is -4.77. The second kappa shape index (κ2) is 10.1. The normalized spacial score (nSPS) is 11.7. The number of hydrogen-bond donors (Lipinski definition) is 0. The van der Waals surface area contributed by atoms with Crippen LogP contribution in [0.25, 0.3) is 5.53 Å². The minimum absolute atomic E-state index is 0.0597. The lowest BCUT2D eigenvalue weighted by molar-refractivity contribution is -0.138. The van der Waals surface area contributed by atoms with Gasteiger partial charge in [-0.05, 0) is 48.5 Å². The first kappa shape index (κ1) is 25.9. The second-order valence-electron chi connectivity index (χ2n) is 7.47. The second-order valence-corrected chi connectivity index (χ2v) is 11.5. The number of nitrogens with zero attached hydrogens (tertiary/aromatic N) is 2. The molecule has 0 spiro atoms. The van der Waals surface area contributed by atoms with E-state index in [4.69, 9.17) is 9.47 Å². The third kappa shape index (κ3) is 5.92. The molecule has 2 aromatic carbocycles. The molecular formula is C21H22N2O8S2. The van der Waals surface area contributed by atoms with Gasteiger partial charge in [-0.25, -0.2) is 16.8 Å². The van der Waals surface area contributed by atoms with Crippen molar-refractivity contribution in [2.45, 2.75) is 37.5 Å². The van der Waals surface area contributed by atoms with Gasteiger partial charge < -0.3 is 15.0 Å². The molecule has 0 aliphatic heterocycles. The van der Waals surface area contributed by atoms with E-state index in [1.165, 1.54) is 24.3 Å². The lowest BCUT2D eigenvalue weighted by Crippen LogP contribution is -2.26. The van der Waals surface area contributed by atoms with Crippen LogP contribution < -0.4 is 9.47 Å². The summed E-state index contributed by atoms with van der Waals surface area (Å²) in [5.41, 5.74) is 9.28. The summed E-state index contributed by atoms with van der Waals surface area (Å²) in [7, 11) is -9.55. The molecule has 0 saturated carbocycles. The van der Waals surface area contributed by atoms with Crippen molar-refractivity contribution in [2.75, 3.05) is 0 Å². The summed E-state index contributed by atoms with van der Waals surface area (Å²) in [4.78, 5) is 24.9. The van der Waals surface area contributed by atoms with Crippen LogP contribution >= 0.6 is 0 Å². The van der Waals surface area contributed by atoms with E-state index in [1.807, 2.05) is 0 Å². The fourth-order valence-electron chi connectivity index (χ4n) is 2.30. The average molecular weight is 495 g/mol.